The van der Waals surface area contributed by atoms with E-state index >= 15 is 0 Å². The zero-order chi connectivity index (χ0) is 15.8. The number of hydrogen-bond donors (Lipinski definition) is 3. The third-order valence-electron chi connectivity index (χ3n) is 3.99. The molecule has 1 atom stereocenters. The summed E-state index contributed by atoms with van der Waals surface area (Å²) in [6.07, 6.45) is 4.23. The lowest BCUT2D eigenvalue weighted by Gasteiger charge is -2.25. The minimum absolute atomic E-state index is 0.159. The van der Waals surface area contributed by atoms with Crippen LogP contribution in [0, 0.1) is 12.8 Å². The van der Waals surface area contributed by atoms with E-state index in [-0.39, 0.29) is 19.2 Å². The average molecular weight is 306 g/mol. The maximum Gasteiger partial charge on any atom is 0.314 e. The largest absolute Gasteiger partial charge is 0.491 e. The molecule has 1 saturated carbocycles. The highest BCUT2D eigenvalue weighted by molar-refractivity contribution is 5.73. The van der Waals surface area contributed by atoms with Crippen molar-refractivity contribution in [2.24, 2.45) is 5.92 Å². The van der Waals surface area contributed by atoms with Gasteiger partial charge in [0.2, 0.25) is 0 Å². The van der Waals surface area contributed by atoms with Gasteiger partial charge in [-0.2, -0.15) is 0 Å². The van der Waals surface area contributed by atoms with Crippen LogP contribution in [0.4, 0.5) is 4.79 Å². The van der Waals surface area contributed by atoms with Crippen LogP contribution in [0.25, 0.3) is 0 Å². The number of urea groups is 1. The second-order valence-electron chi connectivity index (χ2n) is 6.00. The first kappa shape index (κ1) is 16.6. The quantitative estimate of drug-likeness (QED) is 0.690. The molecule has 22 heavy (non-hydrogen) atoms. The highest BCUT2D eigenvalue weighted by Crippen LogP contribution is 2.28. The van der Waals surface area contributed by atoms with Gasteiger partial charge in [0.15, 0.2) is 0 Å². The molecule has 5 heteroatoms. The first-order valence-electron chi connectivity index (χ1n) is 8.02. The number of ether oxygens (including phenoxy) is 1. The van der Waals surface area contributed by atoms with Crippen molar-refractivity contribution in [3.8, 4) is 5.75 Å². The minimum atomic E-state index is -0.724. The fourth-order valence-electron chi connectivity index (χ4n) is 2.40. The summed E-state index contributed by atoms with van der Waals surface area (Å²) in [6, 6.07) is 7.42. The fourth-order valence-corrected chi connectivity index (χ4v) is 2.40. The first-order valence-corrected chi connectivity index (χ1v) is 8.02. The molecule has 1 fully saturated rings. The normalized spacial score (nSPS) is 15.7. The molecule has 0 aliphatic heterocycles. The number of aliphatic hydroxyl groups is 1. The van der Waals surface area contributed by atoms with E-state index in [0.717, 1.165) is 23.7 Å². The third-order valence-corrected chi connectivity index (χ3v) is 3.99. The summed E-state index contributed by atoms with van der Waals surface area (Å²) in [5.74, 6) is 1.51. The standard InChI is InChI=1S/C17H26N2O3/c1-13-4-2-7-16(10-13)22-12-15(20)11-19-17(21)18-9-8-14-5-3-6-14/h2,4,7,10,14-15,20H,3,5-6,8-9,11-12H2,1H3,(H2,18,19,21). The van der Waals surface area contributed by atoms with Crippen molar-refractivity contribution in [2.45, 2.75) is 38.7 Å². The van der Waals surface area contributed by atoms with Crippen molar-refractivity contribution >= 4 is 6.03 Å². The molecule has 1 unspecified atom stereocenters. The molecule has 0 bridgehead atoms. The fraction of sp³-hybridized carbons (Fsp3) is 0.588. The van der Waals surface area contributed by atoms with Crippen LogP contribution in [0.2, 0.25) is 0 Å². The van der Waals surface area contributed by atoms with Crippen LogP contribution >= 0.6 is 0 Å². The third kappa shape index (κ3) is 5.93. The number of nitrogens with one attached hydrogen (secondary N) is 2. The molecule has 0 heterocycles. The van der Waals surface area contributed by atoms with Gasteiger partial charge in [0.05, 0.1) is 0 Å². The Hall–Kier alpha value is -1.75. The molecule has 5 nitrogen and oxygen atoms in total. The summed E-state index contributed by atoms with van der Waals surface area (Å²) in [5.41, 5.74) is 1.11. The van der Waals surface area contributed by atoms with E-state index in [1.54, 1.807) is 0 Å². The lowest BCUT2D eigenvalue weighted by molar-refractivity contribution is 0.107. The number of rotatable bonds is 8. The van der Waals surface area contributed by atoms with Crippen molar-refractivity contribution in [2.75, 3.05) is 19.7 Å². The van der Waals surface area contributed by atoms with E-state index in [2.05, 4.69) is 10.6 Å². The predicted octanol–water partition coefficient (Wildman–Crippen LogP) is 2.22. The summed E-state index contributed by atoms with van der Waals surface area (Å²) in [6.45, 7) is 3.03. The number of amides is 2. The molecule has 0 saturated heterocycles. The summed E-state index contributed by atoms with van der Waals surface area (Å²) in [7, 11) is 0. The van der Waals surface area contributed by atoms with Crippen molar-refractivity contribution in [3.05, 3.63) is 29.8 Å². The Balaban J connectivity index is 1.54. The zero-order valence-corrected chi connectivity index (χ0v) is 13.2. The SMILES string of the molecule is Cc1cccc(OCC(O)CNC(=O)NCCC2CCC2)c1. The molecular weight excluding hydrogens is 280 g/mol. The van der Waals surface area contributed by atoms with Crippen LogP contribution in [0.5, 0.6) is 5.75 Å². The van der Waals surface area contributed by atoms with Crippen LogP contribution in [-0.2, 0) is 0 Å². The predicted molar refractivity (Wildman–Crippen MR) is 86.0 cm³/mol. The molecule has 0 spiro atoms. The van der Waals surface area contributed by atoms with Gasteiger partial charge in [-0.1, -0.05) is 31.4 Å². The Labute approximate surface area is 132 Å². The van der Waals surface area contributed by atoms with E-state index in [0.29, 0.717) is 6.54 Å². The Morgan fingerprint density at radius 3 is 2.91 bits per heavy atom. The number of carbonyl (C=O) groups is 1. The van der Waals surface area contributed by atoms with E-state index in [4.69, 9.17) is 4.74 Å². The molecule has 1 aromatic rings. The van der Waals surface area contributed by atoms with Gasteiger partial charge in [-0.3, -0.25) is 0 Å². The van der Waals surface area contributed by atoms with Crippen LogP contribution in [0.15, 0.2) is 24.3 Å². The number of carbonyl (C=O) groups excluding carboxylic acids is 1. The number of aryl methyl sites for hydroxylation is 1. The topological polar surface area (TPSA) is 70.6 Å². The lowest BCUT2D eigenvalue weighted by atomic mass is 9.83. The van der Waals surface area contributed by atoms with Gasteiger partial charge in [0.25, 0.3) is 0 Å². The van der Waals surface area contributed by atoms with E-state index in [1.807, 2.05) is 31.2 Å². The van der Waals surface area contributed by atoms with Crippen molar-refractivity contribution in [1.82, 2.24) is 10.6 Å². The van der Waals surface area contributed by atoms with Gasteiger partial charge in [0.1, 0.15) is 18.5 Å². The Bertz CT molecular complexity index is 475. The molecule has 0 radical (unpaired) electrons. The van der Waals surface area contributed by atoms with E-state index < -0.39 is 6.10 Å². The molecule has 2 amide bonds. The first-order chi connectivity index (χ1) is 10.6. The van der Waals surface area contributed by atoms with Crippen molar-refractivity contribution in [1.29, 1.82) is 0 Å². The monoisotopic (exact) mass is 306 g/mol. The Morgan fingerprint density at radius 2 is 2.23 bits per heavy atom. The van der Waals surface area contributed by atoms with E-state index in [1.165, 1.54) is 19.3 Å². The molecule has 1 aromatic carbocycles. The number of hydrogen-bond acceptors (Lipinski definition) is 3. The minimum Gasteiger partial charge on any atom is -0.491 e. The second-order valence-corrected chi connectivity index (χ2v) is 6.00. The molecule has 0 aromatic heterocycles. The van der Waals surface area contributed by atoms with Gasteiger partial charge in [-0.05, 0) is 37.0 Å². The highest BCUT2D eigenvalue weighted by Gasteiger charge is 2.16. The van der Waals surface area contributed by atoms with Gasteiger partial charge in [0, 0.05) is 13.1 Å². The average Bonchev–Trinajstić information content (AvgIpc) is 2.45. The highest BCUT2D eigenvalue weighted by atomic mass is 16.5. The molecule has 1 aliphatic rings. The number of benzene rings is 1. The zero-order valence-electron chi connectivity index (χ0n) is 13.2. The Kier molecular flexibility index (Phi) is 6.52. The molecule has 1 aliphatic carbocycles. The van der Waals surface area contributed by atoms with Gasteiger partial charge in [-0.25, -0.2) is 4.79 Å². The van der Waals surface area contributed by atoms with Crippen LogP contribution < -0.4 is 15.4 Å². The molecule has 2 rings (SSSR count). The van der Waals surface area contributed by atoms with Gasteiger partial charge in [-0.15, -0.1) is 0 Å². The van der Waals surface area contributed by atoms with Gasteiger partial charge < -0.3 is 20.5 Å². The summed E-state index contributed by atoms with van der Waals surface area (Å²) in [5, 5.41) is 15.3. The summed E-state index contributed by atoms with van der Waals surface area (Å²) >= 11 is 0. The number of aliphatic hydroxyl groups excluding tert-OH is 1. The molecule has 122 valence electrons. The van der Waals surface area contributed by atoms with E-state index in [9.17, 15) is 9.90 Å². The second kappa shape index (κ2) is 8.63. The van der Waals surface area contributed by atoms with Crippen LogP contribution in [-0.4, -0.2) is 36.9 Å². The van der Waals surface area contributed by atoms with Crippen molar-refractivity contribution < 1.29 is 14.6 Å². The maximum atomic E-state index is 11.6. The molecular formula is C17H26N2O3. The summed E-state index contributed by atoms with van der Waals surface area (Å²) < 4.78 is 5.49. The Morgan fingerprint density at radius 1 is 1.41 bits per heavy atom. The molecule has 3 N–H and O–H groups in total. The maximum absolute atomic E-state index is 11.6. The summed E-state index contributed by atoms with van der Waals surface area (Å²) in [4.78, 5) is 11.6. The van der Waals surface area contributed by atoms with Crippen LogP contribution in [0.1, 0.15) is 31.2 Å². The van der Waals surface area contributed by atoms with Crippen LogP contribution in [0.3, 0.4) is 0 Å². The van der Waals surface area contributed by atoms with Gasteiger partial charge >= 0.3 is 6.03 Å². The smallest absolute Gasteiger partial charge is 0.314 e. The van der Waals surface area contributed by atoms with Crippen molar-refractivity contribution in [3.63, 3.8) is 0 Å². The lowest BCUT2D eigenvalue weighted by Crippen LogP contribution is -2.42.